The Hall–Kier alpha value is -1.04. The average molecular weight is 389 g/mol. The maximum absolute atomic E-state index is 12.2. The Kier molecular flexibility index (Phi) is 5.30. The molecule has 0 bridgehead atoms. The fraction of sp³-hybridized carbons (Fsp3) is 0.200. The lowest BCUT2D eigenvalue weighted by Gasteiger charge is -2.14. The molecular weight excluding hydrogens is 374 g/mol. The third-order valence-electron chi connectivity index (χ3n) is 3.03. The zero-order valence-corrected chi connectivity index (χ0v) is 14.5. The molecule has 6 heteroatoms. The maximum atomic E-state index is 12.2. The third-order valence-corrected chi connectivity index (χ3v) is 5.73. The number of hydrogen-bond donors (Lipinski definition) is 1. The van der Waals surface area contributed by atoms with Crippen molar-refractivity contribution in [2.24, 2.45) is 0 Å². The second-order valence-corrected chi connectivity index (χ2v) is 7.85. The molecule has 1 N–H and O–H groups in total. The van der Waals surface area contributed by atoms with Gasteiger partial charge in [0.25, 0.3) is 0 Å². The summed E-state index contributed by atoms with van der Waals surface area (Å²) in [5.74, 6) is -0.0588. The Bertz CT molecular complexity index is 720. The first kappa shape index (κ1) is 16.3. The smallest absolute Gasteiger partial charge is 0.233 e. The highest BCUT2D eigenvalue weighted by Crippen LogP contribution is 2.26. The van der Waals surface area contributed by atoms with Gasteiger partial charge in [0.15, 0.2) is 0 Å². The van der Waals surface area contributed by atoms with Crippen LogP contribution >= 0.6 is 27.5 Å². The lowest BCUT2D eigenvalue weighted by atomic mass is 10.0. The highest BCUT2D eigenvalue weighted by atomic mass is 79.9. The van der Waals surface area contributed by atoms with E-state index in [0.717, 1.165) is 5.56 Å². The normalized spacial score (nSPS) is 12.9. The molecule has 0 heterocycles. The molecule has 0 aromatic heterocycles. The van der Waals surface area contributed by atoms with E-state index in [1.165, 1.54) is 0 Å². The average Bonchev–Trinajstić information content (AvgIpc) is 2.43. The van der Waals surface area contributed by atoms with Crippen LogP contribution in [0.4, 0.5) is 5.69 Å². The van der Waals surface area contributed by atoms with Crippen molar-refractivity contribution in [3.05, 3.63) is 63.6 Å². The number of rotatable bonds is 5. The van der Waals surface area contributed by atoms with Gasteiger partial charge in [0.2, 0.25) is 10.0 Å². The van der Waals surface area contributed by atoms with Gasteiger partial charge in [-0.15, -0.1) is 0 Å². The summed E-state index contributed by atoms with van der Waals surface area (Å²) in [5, 5.41) is 0.538. The molecule has 1 atom stereocenters. The summed E-state index contributed by atoms with van der Waals surface area (Å²) in [5.41, 5.74) is 1.49. The Labute approximate surface area is 138 Å². The largest absolute Gasteiger partial charge is 0.283 e. The fourth-order valence-corrected chi connectivity index (χ4v) is 3.90. The molecule has 0 spiro atoms. The molecule has 0 radical (unpaired) electrons. The van der Waals surface area contributed by atoms with Crippen molar-refractivity contribution in [2.75, 3.05) is 10.5 Å². The predicted octanol–water partition coefficient (Wildman–Crippen LogP) is 4.65. The van der Waals surface area contributed by atoms with Gasteiger partial charge in [-0.3, -0.25) is 4.72 Å². The van der Waals surface area contributed by atoms with Crippen LogP contribution in [0.25, 0.3) is 0 Å². The first-order valence-electron chi connectivity index (χ1n) is 6.38. The van der Waals surface area contributed by atoms with Gasteiger partial charge in [-0.1, -0.05) is 48.9 Å². The number of hydrogen-bond acceptors (Lipinski definition) is 2. The van der Waals surface area contributed by atoms with Crippen LogP contribution in [0.1, 0.15) is 18.4 Å². The molecule has 0 fully saturated rings. The van der Waals surface area contributed by atoms with Crippen LogP contribution in [0.5, 0.6) is 0 Å². The topological polar surface area (TPSA) is 46.2 Å². The molecule has 21 heavy (non-hydrogen) atoms. The monoisotopic (exact) mass is 387 g/mol. The fourth-order valence-electron chi connectivity index (χ4n) is 1.99. The Morgan fingerprint density at radius 2 is 1.86 bits per heavy atom. The first-order chi connectivity index (χ1) is 9.87. The summed E-state index contributed by atoms with van der Waals surface area (Å²) in [6.45, 7) is 1.90. The molecule has 0 aliphatic carbocycles. The van der Waals surface area contributed by atoms with E-state index >= 15 is 0 Å². The zero-order chi connectivity index (χ0) is 15.5. The minimum Gasteiger partial charge on any atom is -0.283 e. The Morgan fingerprint density at radius 1 is 1.19 bits per heavy atom. The van der Waals surface area contributed by atoms with Gasteiger partial charge in [-0.25, -0.2) is 8.42 Å². The minimum absolute atomic E-state index is 0.0251. The highest BCUT2D eigenvalue weighted by molar-refractivity contribution is 9.10. The van der Waals surface area contributed by atoms with E-state index in [0.29, 0.717) is 15.2 Å². The summed E-state index contributed by atoms with van der Waals surface area (Å²) >= 11 is 9.17. The van der Waals surface area contributed by atoms with E-state index in [1.807, 2.05) is 37.3 Å². The highest BCUT2D eigenvalue weighted by Gasteiger charge is 2.17. The van der Waals surface area contributed by atoms with Gasteiger partial charge in [0.05, 0.1) is 10.8 Å². The molecular formula is C15H15BrClNO2S. The second-order valence-electron chi connectivity index (χ2n) is 4.82. The molecule has 3 nitrogen and oxygen atoms in total. The lowest BCUT2D eigenvalue weighted by molar-refractivity contribution is 0.595. The molecule has 1 unspecified atom stereocenters. The van der Waals surface area contributed by atoms with Crippen LogP contribution in [0.15, 0.2) is 53.0 Å². The molecule has 0 saturated heterocycles. The van der Waals surface area contributed by atoms with E-state index < -0.39 is 10.0 Å². The number of sulfonamides is 1. The number of anilines is 1. The Balaban J connectivity index is 2.10. The molecule has 0 aliphatic rings. The van der Waals surface area contributed by atoms with Gasteiger partial charge in [-0.05, 0) is 45.6 Å². The van der Waals surface area contributed by atoms with Crippen LogP contribution in [-0.4, -0.2) is 14.2 Å². The quantitative estimate of drug-likeness (QED) is 0.810. The molecule has 0 amide bonds. The second kappa shape index (κ2) is 6.81. The van der Waals surface area contributed by atoms with Crippen LogP contribution in [0.2, 0.25) is 5.02 Å². The van der Waals surface area contributed by atoms with Crippen molar-refractivity contribution < 1.29 is 8.42 Å². The van der Waals surface area contributed by atoms with Crippen molar-refractivity contribution in [1.29, 1.82) is 0 Å². The molecule has 2 aromatic carbocycles. The molecule has 0 aliphatic heterocycles. The van der Waals surface area contributed by atoms with E-state index in [4.69, 9.17) is 11.6 Å². The summed E-state index contributed by atoms with van der Waals surface area (Å²) in [4.78, 5) is 0. The lowest BCUT2D eigenvalue weighted by Crippen LogP contribution is -2.20. The number of halogens is 2. The Morgan fingerprint density at radius 3 is 2.48 bits per heavy atom. The predicted molar refractivity (Wildman–Crippen MR) is 91.4 cm³/mol. The molecule has 112 valence electrons. The summed E-state index contributed by atoms with van der Waals surface area (Å²) < 4.78 is 27.7. The van der Waals surface area contributed by atoms with Gasteiger partial charge in [0.1, 0.15) is 0 Å². The summed E-state index contributed by atoms with van der Waals surface area (Å²) in [6, 6.07) is 14.5. The van der Waals surface area contributed by atoms with E-state index in [2.05, 4.69) is 20.7 Å². The van der Waals surface area contributed by atoms with E-state index in [1.54, 1.807) is 18.2 Å². The SMILES string of the molecule is CC(CS(=O)(=O)Nc1ccc(Cl)c(Br)c1)c1ccccc1. The number of benzene rings is 2. The van der Waals surface area contributed by atoms with Crippen molar-refractivity contribution in [3.63, 3.8) is 0 Å². The first-order valence-corrected chi connectivity index (χ1v) is 9.20. The molecule has 0 saturated carbocycles. The van der Waals surface area contributed by atoms with Gasteiger partial charge < -0.3 is 0 Å². The third kappa shape index (κ3) is 4.73. The maximum Gasteiger partial charge on any atom is 0.233 e. The molecule has 2 aromatic rings. The number of nitrogens with one attached hydrogen (secondary N) is 1. The summed E-state index contributed by atoms with van der Waals surface area (Å²) in [7, 11) is -3.43. The van der Waals surface area contributed by atoms with Crippen molar-refractivity contribution in [1.82, 2.24) is 0 Å². The van der Waals surface area contributed by atoms with Crippen LogP contribution in [-0.2, 0) is 10.0 Å². The summed E-state index contributed by atoms with van der Waals surface area (Å²) in [6.07, 6.45) is 0. The van der Waals surface area contributed by atoms with Gasteiger partial charge >= 0.3 is 0 Å². The van der Waals surface area contributed by atoms with Crippen LogP contribution in [0, 0.1) is 0 Å². The van der Waals surface area contributed by atoms with Gasteiger partial charge in [0, 0.05) is 10.2 Å². The molecule has 2 rings (SSSR count). The van der Waals surface area contributed by atoms with Gasteiger partial charge in [-0.2, -0.15) is 0 Å². The van der Waals surface area contributed by atoms with Crippen molar-refractivity contribution >= 4 is 43.2 Å². The van der Waals surface area contributed by atoms with E-state index in [9.17, 15) is 8.42 Å². The standard InChI is InChI=1S/C15H15BrClNO2S/c1-11(12-5-3-2-4-6-12)10-21(19,20)18-13-7-8-15(17)14(16)9-13/h2-9,11,18H,10H2,1H3. The van der Waals surface area contributed by atoms with Crippen molar-refractivity contribution in [3.8, 4) is 0 Å². The van der Waals surface area contributed by atoms with Crippen molar-refractivity contribution in [2.45, 2.75) is 12.8 Å². The van der Waals surface area contributed by atoms with Crippen LogP contribution < -0.4 is 4.72 Å². The zero-order valence-electron chi connectivity index (χ0n) is 11.4. The minimum atomic E-state index is -3.43. The van der Waals surface area contributed by atoms with E-state index in [-0.39, 0.29) is 11.7 Å². The van der Waals surface area contributed by atoms with Crippen LogP contribution in [0.3, 0.4) is 0 Å².